The Balaban J connectivity index is 1.37. The molecule has 1 spiro atoms. The fraction of sp³-hybridized carbons (Fsp3) is 0.533. The Bertz CT molecular complexity index is 2250. The number of anilines is 1. The molecule has 0 amide bonds. The summed E-state index contributed by atoms with van der Waals surface area (Å²) in [6.45, 7) is 9.19. The van der Waals surface area contributed by atoms with Crippen LogP contribution in [0.25, 0.3) is 10.9 Å². The lowest BCUT2D eigenvalue weighted by molar-refractivity contribution is -0.228. The molecule has 1 aliphatic carbocycles. The largest absolute Gasteiger partial charge is 0.496 e. The van der Waals surface area contributed by atoms with Crippen LogP contribution in [-0.2, 0) is 46.0 Å². The molecule has 2 aromatic carbocycles. The first-order valence-corrected chi connectivity index (χ1v) is 20.3. The van der Waals surface area contributed by atoms with Gasteiger partial charge in [-0.15, -0.1) is 0 Å². The van der Waals surface area contributed by atoms with E-state index >= 15 is 4.79 Å². The molecule has 302 valence electrons. The third-order valence-corrected chi connectivity index (χ3v) is 14.8. The molecule has 1 saturated carbocycles. The monoisotopic (exact) mass is 778 g/mol. The average molecular weight is 779 g/mol. The molecule has 12 heteroatoms. The molecular weight excluding hydrogens is 725 g/mol. The maximum absolute atomic E-state index is 15.2. The minimum Gasteiger partial charge on any atom is -0.496 e. The molecule has 3 aromatic rings. The second-order valence-electron chi connectivity index (χ2n) is 17.2. The average Bonchev–Trinajstić information content (AvgIpc) is 3.87. The number of aliphatic hydroxyl groups is 1. The third-order valence-electron chi connectivity index (χ3n) is 14.8. The van der Waals surface area contributed by atoms with Gasteiger partial charge in [0.1, 0.15) is 11.2 Å². The van der Waals surface area contributed by atoms with Gasteiger partial charge in [0.05, 0.1) is 27.4 Å². The molecule has 57 heavy (non-hydrogen) atoms. The van der Waals surface area contributed by atoms with Crippen molar-refractivity contribution in [2.45, 2.75) is 87.6 Å². The Hall–Kier alpha value is -4.65. The van der Waals surface area contributed by atoms with Gasteiger partial charge in [0, 0.05) is 90.9 Å². The topological polar surface area (TPSA) is 134 Å². The quantitative estimate of drug-likeness (QED) is 0.196. The number of carbonyl (C=O) groups excluding carboxylic acids is 3. The van der Waals surface area contributed by atoms with E-state index in [1.165, 1.54) is 26.7 Å². The lowest BCUT2D eigenvalue weighted by Crippen LogP contribution is -2.81. The number of aromatic amines is 1. The van der Waals surface area contributed by atoms with Crippen LogP contribution in [0.1, 0.15) is 68.8 Å². The van der Waals surface area contributed by atoms with Crippen molar-refractivity contribution >= 4 is 34.5 Å². The van der Waals surface area contributed by atoms with Crippen molar-refractivity contribution in [2.24, 2.45) is 11.3 Å². The van der Waals surface area contributed by atoms with Gasteiger partial charge < -0.3 is 33.9 Å². The number of likely N-dealkylation sites (N-methyl/N-ethyl adjacent to an activating group) is 1. The van der Waals surface area contributed by atoms with Crippen LogP contribution in [0.15, 0.2) is 60.2 Å². The number of nitrogens with one attached hydrogen (secondary N) is 1. The molecule has 5 aliphatic heterocycles. The van der Waals surface area contributed by atoms with Crippen molar-refractivity contribution in [2.75, 3.05) is 59.5 Å². The molecule has 9 rings (SSSR count). The number of hydrogen-bond donors (Lipinski definition) is 2. The molecule has 1 unspecified atom stereocenters. The van der Waals surface area contributed by atoms with E-state index in [1.54, 1.807) is 7.11 Å². The number of methoxy groups -OCH3 is 3. The van der Waals surface area contributed by atoms with Crippen molar-refractivity contribution in [3.63, 3.8) is 0 Å². The summed E-state index contributed by atoms with van der Waals surface area (Å²) in [4.78, 5) is 53.1. The lowest BCUT2D eigenvalue weighted by Gasteiger charge is -2.63. The first kappa shape index (κ1) is 37.9. The van der Waals surface area contributed by atoms with E-state index in [9.17, 15) is 14.7 Å². The zero-order valence-corrected chi connectivity index (χ0v) is 34.0. The second kappa shape index (κ2) is 13.2. The highest BCUT2D eigenvalue weighted by Gasteiger charge is 2.80. The van der Waals surface area contributed by atoms with Gasteiger partial charge in [-0.1, -0.05) is 55.8 Å². The number of ether oxygens (including phenoxy) is 4. The number of fused-ring (bicyclic) bond motifs is 6. The van der Waals surface area contributed by atoms with Gasteiger partial charge >= 0.3 is 17.9 Å². The van der Waals surface area contributed by atoms with Crippen LogP contribution in [-0.4, -0.2) is 116 Å². The maximum Gasteiger partial charge on any atom is 0.344 e. The number of esters is 3. The van der Waals surface area contributed by atoms with Gasteiger partial charge in [0.2, 0.25) is 5.60 Å². The minimum atomic E-state index is -2.27. The standard InChI is InChI=1S/C45H54N4O8/c1-8-27-19-28-22-44(40(51)55-6,36-30(25-48(23-27)24-28)29-13-10-11-14-33(29)46-36)32-20-31-34(21-35(32)54-5)47(4)38-43(31)16-18-49-17-12-15-42(9-2,37(43)49)39(57-26(3)50)45(38,53)41(52)56-7/h10-15,19-21,28,37-39,46,53H,8-9,16-18,22-25H2,1-7H3/t28-,37-,38+,39+,42+,43+,44-,45-/m1/s1. The minimum absolute atomic E-state index is 0.0284. The molecule has 1 saturated heterocycles. The van der Waals surface area contributed by atoms with E-state index in [-0.39, 0.29) is 17.9 Å². The second-order valence-corrected chi connectivity index (χ2v) is 17.2. The van der Waals surface area contributed by atoms with Crippen LogP contribution >= 0.6 is 0 Å². The molecule has 1 aromatic heterocycles. The summed E-state index contributed by atoms with van der Waals surface area (Å²) in [5, 5.41) is 14.4. The molecule has 6 aliphatic rings. The molecule has 2 fully saturated rings. The van der Waals surface area contributed by atoms with Gasteiger partial charge in [-0.25, -0.2) is 4.79 Å². The number of rotatable bonds is 7. The normalized spacial score (nSPS) is 34.9. The van der Waals surface area contributed by atoms with Crippen LogP contribution in [0.2, 0.25) is 0 Å². The van der Waals surface area contributed by atoms with E-state index in [1.807, 2.05) is 37.1 Å². The van der Waals surface area contributed by atoms with Crippen molar-refractivity contribution in [3.8, 4) is 5.75 Å². The van der Waals surface area contributed by atoms with Gasteiger partial charge in [-0.2, -0.15) is 0 Å². The number of hydrogen-bond acceptors (Lipinski definition) is 11. The van der Waals surface area contributed by atoms with Crippen LogP contribution < -0.4 is 9.64 Å². The Kier molecular flexibility index (Phi) is 8.77. The van der Waals surface area contributed by atoms with Crippen LogP contribution in [0.5, 0.6) is 5.75 Å². The van der Waals surface area contributed by atoms with E-state index in [2.05, 4.69) is 58.1 Å². The lowest BCUT2D eigenvalue weighted by atomic mass is 9.47. The smallest absolute Gasteiger partial charge is 0.344 e. The predicted molar refractivity (Wildman–Crippen MR) is 214 cm³/mol. The van der Waals surface area contributed by atoms with Crippen molar-refractivity contribution in [1.29, 1.82) is 0 Å². The zero-order valence-electron chi connectivity index (χ0n) is 34.0. The molecule has 2 N–H and O–H groups in total. The van der Waals surface area contributed by atoms with E-state index in [0.717, 1.165) is 52.9 Å². The predicted octanol–water partition coefficient (Wildman–Crippen LogP) is 4.75. The summed E-state index contributed by atoms with van der Waals surface area (Å²) < 4.78 is 23.9. The van der Waals surface area contributed by atoms with Crippen molar-refractivity contribution < 1.29 is 38.4 Å². The van der Waals surface area contributed by atoms with Gasteiger partial charge in [0.25, 0.3) is 0 Å². The highest BCUT2D eigenvalue weighted by atomic mass is 16.6. The Morgan fingerprint density at radius 3 is 2.47 bits per heavy atom. The van der Waals surface area contributed by atoms with E-state index < -0.39 is 45.9 Å². The fourth-order valence-electron chi connectivity index (χ4n) is 12.8. The first-order valence-electron chi connectivity index (χ1n) is 20.3. The van der Waals surface area contributed by atoms with E-state index in [4.69, 9.17) is 18.9 Å². The maximum atomic E-state index is 15.2. The van der Waals surface area contributed by atoms with E-state index in [0.29, 0.717) is 50.2 Å². The summed E-state index contributed by atoms with van der Waals surface area (Å²) in [5.41, 5.74) is 1.05. The Labute approximate surface area is 333 Å². The summed E-state index contributed by atoms with van der Waals surface area (Å²) in [7, 11) is 6.22. The zero-order chi connectivity index (χ0) is 40.2. The number of nitrogens with zero attached hydrogens (tertiary/aromatic N) is 3. The summed E-state index contributed by atoms with van der Waals surface area (Å²) in [6, 6.07) is 11.2. The van der Waals surface area contributed by atoms with Crippen LogP contribution in [0.4, 0.5) is 5.69 Å². The Morgan fingerprint density at radius 2 is 1.77 bits per heavy atom. The molecular formula is C45H54N4O8. The SMILES string of the molecule is CCC1=C[C@H]2CN(C1)Cc1c([nH]c3ccccc13)[C@](C(=O)OC)(c1cc3c(cc1OC)N(C)[C@@H]1[C@](O)(C(=O)OC)[C@@H](OC(C)=O)[C@@]4(CC)C=CCN5CC[C@@]31[C@H]54)C2. The number of aromatic nitrogens is 1. The molecule has 9 atom stereocenters. The summed E-state index contributed by atoms with van der Waals surface area (Å²) >= 11 is 0. The molecule has 2 bridgehead atoms. The number of benzene rings is 2. The summed E-state index contributed by atoms with van der Waals surface area (Å²) in [5.74, 6) is -1.31. The van der Waals surface area contributed by atoms with Crippen molar-refractivity contribution in [1.82, 2.24) is 14.8 Å². The summed E-state index contributed by atoms with van der Waals surface area (Å²) in [6.07, 6.45) is 7.67. The number of H-pyrrole nitrogens is 1. The number of para-hydroxylation sites is 1. The van der Waals surface area contributed by atoms with Crippen LogP contribution in [0, 0.1) is 11.3 Å². The Morgan fingerprint density at radius 1 is 1.00 bits per heavy atom. The number of carbonyl (C=O) groups is 3. The highest BCUT2D eigenvalue weighted by molar-refractivity contribution is 5.95. The molecule has 0 radical (unpaired) electrons. The van der Waals surface area contributed by atoms with Gasteiger partial charge in [-0.3, -0.25) is 19.4 Å². The first-order chi connectivity index (χ1) is 27.4. The van der Waals surface area contributed by atoms with Gasteiger partial charge in [-0.05, 0) is 61.4 Å². The van der Waals surface area contributed by atoms with Gasteiger partial charge in [0.15, 0.2) is 6.10 Å². The third kappa shape index (κ3) is 4.80. The fourth-order valence-corrected chi connectivity index (χ4v) is 12.8. The van der Waals surface area contributed by atoms with Crippen molar-refractivity contribution in [3.05, 3.63) is 82.6 Å². The molecule has 6 heterocycles. The highest BCUT2D eigenvalue weighted by Crippen LogP contribution is 2.68. The van der Waals surface area contributed by atoms with Crippen LogP contribution in [0.3, 0.4) is 0 Å². The molecule has 12 nitrogen and oxygen atoms in total.